The lowest BCUT2D eigenvalue weighted by Gasteiger charge is -2.33. The topological polar surface area (TPSA) is 72.2 Å². The molecule has 0 heterocycles. The largest absolute Gasteiger partial charge is 0.324 e. The fraction of sp³-hybridized carbons (Fsp3) is 1.00. The summed E-state index contributed by atoms with van der Waals surface area (Å²) in [7, 11) is -3.21. The highest BCUT2D eigenvalue weighted by Crippen LogP contribution is 2.25. The molecule has 0 atom stereocenters. The van der Waals surface area contributed by atoms with Crippen molar-refractivity contribution in [2.45, 2.75) is 58.4 Å². The molecule has 0 spiro atoms. The summed E-state index contributed by atoms with van der Waals surface area (Å²) in [6, 6.07) is 0. The van der Waals surface area contributed by atoms with E-state index in [1.165, 1.54) is 6.42 Å². The number of nitrogens with two attached hydrogens (primary N) is 1. The Bertz CT molecular complexity index is 338. The molecule has 0 amide bonds. The summed E-state index contributed by atoms with van der Waals surface area (Å²) in [5, 5.41) is 0. The number of rotatable bonds is 4. The lowest BCUT2D eigenvalue weighted by Crippen LogP contribution is -2.52. The lowest BCUT2D eigenvalue weighted by atomic mass is 9.83. The third-order valence-corrected chi connectivity index (χ3v) is 4.95. The van der Waals surface area contributed by atoms with Crippen molar-refractivity contribution >= 4 is 10.0 Å². The molecule has 5 heteroatoms. The van der Waals surface area contributed by atoms with E-state index in [9.17, 15) is 8.42 Å². The molecule has 4 nitrogen and oxygen atoms in total. The Morgan fingerprint density at radius 1 is 1.18 bits per heavy atom. The molecule has 1 saturated carbocycles. The summed E-state index contributed by atoms with van der Waals surface area (Å²) in [5.74, 6) is 0.149. The Morgan fingerprint density at radius 3 is 2.18 bits per heavy atom. The summed E-state index contributed by atoms with van der Waals surface area (Å²) in [5.41, 5.74) is 5.65. The van der Waals surface area contributed by atoms with Gasteiger partial charge in [-0.15, -0.1) is 0 Å². The van der Waals surface area contributed by atoms with E-state index in [0.29, 0.717) is 6.54 Å². The third-order valence-electron chi connectivity index (χ3n) is 3.12. The van der Waals surface area contributed by atoms with Gasteiger partial charge in [-0.3, -0.25) is 0 Å². The molecule has 102 valence electrons. The highest BCUT2D eigenvalue weighted by molar-refractivity contribution is 7.89. The Labute approximate surface area is 105 Å². The molecular formula is C12H26N2O2S. The van der Waals surface area contributed by atoms with E-state index in [1.807, 2.05) is 20.8 Å². The molecule has 1 rings (SSSR count). The first-order chi connectivity index (χ1) is 7.62. The molecule has 0 unspecified atom stereocenters. The first-order valence-electron chi connectivity index (χ1n) is 6.38. The first kappa shape index (κ1) is 14.9. The van der Waals surface area contributed by atoms with Gasteiger partial charge >= 0.3 is 0 Å². The van der Waals surface area contributed by atoms with E-state index in [0.717, 1.165) is 25.7 Å². The van der Waals surface area contributed by atoms with Crippen LogP contribution < -0.4 is 10.5 Å². The molecule has 0 aromatic carbocycles. The molecule has 0 radical (unpaired) electrons. The van der Waals surface area contributed by atoms with Crippen LogP contribution in [0.25, 0.3) is 0 Å². The van der Waals surface area contributed by atoms with Crippen molar-refractivity contribution < 1.29 is 8.42 Å². The van der Waals surface area contributed by atoms with Gasteiger partial charge in [0.25, 0.3) is 0 Å². The summed E-state index contributed by atoms with van der Waals surface area (Å²) in [6.45, 7) is 6.15. The van der Waals surface area contributed by atoms with Crippen LogP contribution in [0.2, 0.25) is 0 Å². The predicted molar refractivity (Wildman–Crippen MR) is 71.2 cm³/mol. The highest BCUT2D eigenvalue weighted by atomic mass is 32.2. The average molecular weight is 262 g/mol. The van der Waals surface area contributed by atoms with E-state index >= 15 is 0 Å². The summed E-state index contributed by atoms with van der Waals surface area (Å²) < 4.78 is 26.4. The maximum atomic E-state index is 11.9. The van der Waals surface area contributed by atoms with Crippen molar-refractivity contribution in [2.24, 2.45) is 11.1 Å². The lowest BCUT2D eigenvalue weighted by molar-refractivity contribution is 0.296. The van der Waals surface area contributed by atoms with E-state index in [1.54, 1.807) is 0 Å². The van der Waals surface area contributed by atoms with E-state index in [2.05, 4.69) is 4.72 Å². The van der Waals surface area contributed by atoms with Gasteiger partial charge in [-0.25, -0.2) is 13.1 Å². The number of sulfonamides is 1. The molecule has 0 aliphatic heterocycles. The molecule has 1 aliphatic carbocycles. The van der Waals surface area contributed by atoms with Gasteiger partial charge in [0.1, 0.15) is 0 Å². The van der Waals surface area contributed by atoms with Crippen molar-refractivity contribution in [3.05, 3.63) is 0 Å². The predicted octanol–water partition coefficient (Wildman–Crippen LogP) is 1.61. The second-order valence-corrected chi connectivity index (χ2v) is 8.37. The summed E-state index contributed by atoms with van der Waals surface area (Å²) in [6.07, 6.45) is 5.28. The molecule has 3 N–H and O–H groups in total. The molecular weight excluding hydrogens is 236 g/mol. The van der Waals surface area contributed by atoms with Crippen LogP contribution in [0.5, 0.6) is 0 Å². The van der Waals surface area contributed by atoms with Crippen LogP contribution in [0.15, 0.2) is 0 Å². The SMILES string of the molecule is CC(C)(C)CS(=O)(=O)NCC1(N)CCCCC1. The van der Waals surface area contributed by atoms with Crippen molar-refractivity contribution in [1.82, 2.24) is 4.72 Å². The quantitative estimate of drug-likeness (QED) is 0.808. The van der Waals surface area contributed by atoms with Crippen LogP contribution in [0, 0.1) is 5.41 Å². The van der Waals surface area contributed by atoms with Gasteiger partial charge in [0.2, 0.25) is 10.0 Å². The van der Waals surface area contributed by atoms with Gasteiger partial charge in [-0.05, 0) is 18.3 Å². The van der Waals surface area contributed by atoms with Crippen LogP contribution in [-0.2, 0) is 10.0 Å². The zero-order valence-electron chi connectivity index (χ0n) is 11.3. The van der Waals surface area contributed by atoms with Gasteiger partial charge in [0.05, 0.1) is 5.75 Å². The molecule has 1 aliphatic rings. The van der Waals surface area contributed by atoms with Crippen LogP contribution >= 0.6 is 0 Å². The third kappa shape index (κ3) is 5.84. The highest BCUT2D eigenvalue weighted by Gasteiger charge is 2.30. The zero-order valence-corrected chi connectivity index (χ0v) is 12.1. The van der Waals surface area contributed by atoms with E-state index in [4.69, 9.17) is 5.73 Å². The Balaban J connectivity index is 2.49. The second kappa shape index (κ2) is 5.24. The van der Waals surface area contributed by atoms with Gasteiger partial charge < -0.3 is 5.73 Å². The molecule has 0 aromatic rings. The van der Waals surface area contributed by atoms with Crippen LogP contribution in [0.4, 0.5) is 0 Å². The molecule has 0 saturated heterocycles. The Morgan fingerprint density at radius 2 is 1.71 bits per heavy atom. The fourth-order valence-corrected chi connectivity index (χ4v) is 4.06. The Kier molecular flexibility index (Phi) is 4.60. The summed E-state index contributed by atoms with van der Waals surface area (Å²) in [4.78, 5) is 0. The smallest absolute Gasteiger partial charge is 0.212 e. The van der Waals surface area contributed by atoms with Crippen LogP contribution in [0.3, 0.4) is 0 Å². The molecule has 17 heavy (non-hydrogen) atoms. The minimum atomic E-state index is -3.21. The van der Waals surface area contributed by atoms with Gasteiger partial charge in [0, 0.05) is 12.1 Å². The van der Waals surface area contributed by atoms with Crippen molar-refractivity contribution in [3.8, 4) is 0 Å². The monoisotopic (exact) mass is 262 g/mol. The van der Waals surface area contributed by atoms with E-state index < -0.39 is 10.0 Å². The standard InChI is InChI=1S/C12H26N2O2S/c1-11(2,3)10-17(15,16)14-9-12(13)7-5-4-6-8-12/h14H,4-10,13H2,1-3H3. The van der Waals surface area contributed by atoms with Gasteiger partial charge in [0.15, 0.2) is 0 Å². The normalized spacial score (nSPS) is 21.4. The minimum Gasteiger partial charge on any atom is -0.324 e. The fourth-order valence-electron chi connectivity index (χ4n) is 2.31. The maximum absolute atomic E-state index is 11.9. The Hall–Kier alpha value is -0.130. The summed E-state index contributed by atoms with van der Waals surface area (Å²) >= 11 is 0. The van der Waals surface area contributed by atoms with Crippen molar-refractivity contribution in [3.63, 3.8) is 0 Å². The second-order valence-electron chi connectivity index (χ2n) is 6.56. The zero-order chi connectivity index (χ0) is 13.2. The number of hydrogen-bond acceptors (Lipinski definition) is 3. The molecule has 0 bridgehead atoms. The molecule has 1 fully saturated rings. The molecule has 0 aromatic heterocycles. The van der Waals surface area contributed by atoms with Crippen molar-refractivity contribution in [2.75, 3.05) is 12.3 Å². The minimum absolute atomic E-state index is 0.149. The van der Waals surface area contributed by atoms with Crippen molar-refractivity contribution in [1.29, 1.82) is 0 Å². The van der Waals surface area contributed by atoms with Gasteiger partial charge in [-0.1, -0.05) is 40.0 Å². The van der Waals surface area contributed by atoms with Gasteiger partial charge in [-0.2, -0.15) is 0 Å². The number of nitrogens with one attached hydrogen (secondary N) is 1. The average Bonchev–Trinajstić information content (AvgIpc) is 2.13. The van der Waals surface area contributed by atoms with Crippen LogP contribution in [-0.4, -0.2) is 26.3 Å². The van der Waals surface area contributed by atoms with Crippen LogP contribution in [0.1, 0.15) is 52.9 Å². The number of hydrogen-bond donors (Lipinski definition) is 2. The van der Waals surface area contributed by atoms with E-state index in [-0.39, 0.29) is 16.7 Å². The first-order valence-corrected chi connectivity index (χ1v) is 8.03. The maximum Gasteiger partial charge on any atom is 0.212 e.